The van der Waals surface area contributed by atoms with Crippen molar-refractivity contribution in [3.8, 4) is 5.75 Å². The first-order valence-electron chi connectivity index (χ1n) is 7.14. The number of sulfonamides is 1. The van der Waals surface area contributed by atoms with Gasteiger partial charge in [-0.15, -0.1) is 0 Å². The summed E-state index contributed by atoms with van der Waals surface area (Å²) in [5.41, 5.74) is 3.17. The quantitative estimate of drug-likeness (QED) is 0.914. The fraction of sp³-hybridized carbons (Fsp3) is 0.294. The van der Waals surface area contributed by atoms with Gasteiger partial charge in [-0.3, -0.25) is 4.72 Å². The first-order valence-corrected chi connectivity index (χ1v) is 8.62. The zero-order chi connectivity index (χ0) is 16.3. The van der Waals surface area contributed by atoms with Crippen molar-refractivity contribution in [2.45, 2.75) is 32.1 Å². The Morgan fingerprint density at radius 2 is 1.68 bits per heavy atom. The van der Waals surface area contributed by atoms with Crippen LogP contribution < -0.4 is 9.46 Å². The third-order valence-corrected chi connectivity index (χ3v) is 5.12. The maximum atomic E-state index is 12.6. The van der Waals surface area contributed by atoms with E-state index >= 15 is 0 Å². The molecule has 0 spiro atoms. The monoisotopic (exact) mass is 319 g/mol. The normalized spacial score (nSPS) is 11.3. The molecule has 4 nitrogen and oxygen atoms in total. The molecule has 2 aromatic rings. The van der Waals surface area contributed by atoms with Gasteiger partial charge >= 0.3 is 0 Å². The van der Waals surface area contributed by atoms with Crippen LogP contribution in [-0.2, 0) is 16.4 Å². The Morgan fingerprint density at radius 1 is 1.05 bits per heavy atom. The van der Waals surface area contributed by atoms with Gasteiger partial charge in [-0.25, -0.2) is 8.42 Å². The molecule has 0 unspecified atom stereocenters. The minimum Gasteiger partial charge on any atom is -0.496 e. The van der Waals surface area contributed by atoms with Crippen molar-refractivity contribution in [2.24, 2.45) is 0 Å². The van der Waals surface area contributed by atoms with Gasteiger partial charge in [0.05, 0.1) is 12.0 Å². The van der Waals surface area contributed by atoms with Crippen molar-refractivity contribution in [1.29, 1.82) is 0 Å². The molecule has 1 N–H and O–H groups in total. The minimum absolute atomic E-state index is 0.269. The molecule has 0 radical (unpaired) electrons. The third kappa shape index (κ3) is 3.42. The summed E-state index contributed by atoms with van der Waals surface area (Å²) < 4.78 is 33.0. The maximum Gasteiger partial charge on any atom is 0.262 e. The predicted octanol–water partition coefficient (Wildman–Crippen LogP) is 3.68. The molecule has 0 aromatic heterocycles. The van der Waals surface area contributed by atoms with Crippen molar-refractivity contribution < 1.29 is 13.2 Å². The molecule has 22 heavy (non-hydrogen) atoms. The molecular formula is C17H21NO3S. The van der Waals surface area contributed by atoms with E-state index in [9.17, 15) is 8.42 Å². The summed E-state index contributed by atoms with van der Waals surface area (Å²) in [6.07, 6.45) is 0.920. The molecule has 2 aromatic carbocycles. The molecule has 0 amide bonds. The van der Waals surface area contributed by atoms with Gasteiger partial charge in [-0.1, -0.05) is 19.1 Å². The first-order chi connectivity index (χ1) is 10.4. The second kappa shape index (κ2) is 6.40. The van der Waals surface area contributed by atoms with Gasteiger partial charge in [0.1, 0.15) is 5.75 Å². The van der Waals surface area contributed by atoms with Crippen molar-refractivity contribution in [3.05, 3.63) is 53.1 Å². The zero-order valence-corrected chi connectivity index (χ0v) is 14.1. The Morgan fingerprint density at radius 3 is 2.23 bits per heavy atom. The van der Waals surface area contributed by atoms with Crippen LogP contribution in [0.25, 0.3) is 0 Å². The number of methoxy groups -OCH3 is 1. The number of hydrogen-bond acceptors (Lipinski definition) is 3. The number of rotatable bonds is 5. The van der Waals surface area contributed by atoms with Gasteiger partial charge < -0.3 is 4.74 Å². The standard InChI is InChI=1S/C17H21NO3S/c1-5-14-6-8-15(9-7-14)18-22(19,20)17-11-12(2)16(21-4)10-13(17)3/h6-11,18H,5H2,1-4H3. The summed E-state index contributed by atoms with van der Waals surface area (Å²) in [7, 11) is -2.04. The zero-order valence-electron chi connectivity index (χ0n) is 13.3. The lowest BCUT2D eigenvalue weighted by Crippen LogP contribution is -2.14. The number of ether oxygens (including phenoxy) is 1. The molecule has 0 aliphatic carbocycles. The van der Waals surface area contributed by atoms with Crippen LogP contribution in [0.15, 0.2) is 41.3 Å². The van der Waals surface area contributed by atoms with Gasteiger partial charge in [0.2, 0.25) is 0 Å². The Kier molecular flexibility index (Phi) is 4.76. The summed E-state index contributed by atoms with van der Waals surface area (Å²) in [4.78, 5) is 0.269. The highest BCUT2D eigenvalue weighted by Gasteiger charge is 2.18. The summed E-state index contributed by atoms with van der Waals surface area (Å²) >= 11 is 0. The number of hydrogen-bond donors (Lipinski definition) is 1. The molecule has 0 saturated carbocycles. The second-order valence-electron chi connectivity index (χ2n) is 5.24. The van der Waals surface area contributed by atoms with E-state index in [1.54, 1.807) is 38.3 Å². The van der Waals surface area contributed by atoms with E-state index in [4.69, 9.17) is 4.74 Å². The lowest BCUT2D eigenvalue weighted by Gasteiger charge is -2.13. The predicted molar refractivity (Wildman–Crippen MR) is 89.1 cm³/mol. The highest BCUT2D eigenvalue weighted by atomic mass is 32.2. The molecular weight excluding hydrogens is 298 g/mol. The topological polar surface area (TPSA) is 55.4 Å². The Balaban J connectivity index is 2.35. The summed E-state index contributed by atoms with van der Waals surface area (Å²) in [5.74, 6) is 0.684. The van der Waals surface area contributed by atoms with Gasteiger partial charge in [0, 0.05) is 5.69 Å². The molecule has 2 rings (SSSR count). The average molecular weight is 319 g/mol. The molecule has 0 atom stereocenters. The van der Waals surface area contributed by atoms with Gasteiger partial charge in [0.15, 0.2) is 0 Å². The highest BCUT2D eigenvalue weighted by molar-refractivity contribution is 7.92. The van der Waals surface area contributed by atoms with E-state index in [2.05, 4.69) is 11.6 Å². The van der Waals surface area contributed by atoms with Crippen LogP contribution in [0, 0.1) is 13.8 Å². The van der Waals surface area contributed by atoms with Crippen LogP contribution in [0.4, 0.5) is 5.69 Å². The van der Waals surface area contributed by atoms with Crippen LogP contribution in [0.5, 0.6) is 5.75 Å². The van der Waals surface area contributed by atoms with Crippen molar-refractivity contribution in [1.82, 2.24) is 0 Å². The summed E-state index contributed by atoms with van der Waals surface area (Å²) in [6, 6.07) is 10.8. The number of nitrogens with one attached hydrogen (secondary N) is 1. The van der Waals surface area contributed by atoms with E-state index in [1.807, 2.05) is 19.1 Å². The van der Waals surface area contributed by atoms with Gasteiger partial charge in [0.25, 0.3) is 10.0 Å². The van der Waals surface area contributed by atoms with Crippen molar-refractivity contribution in [2.75, 3.05) is 11.8 Å². The largest absolute Gasteiger partial charge is 0.496 e. The molecule has 0 fully saturated rings. The molecule has 0 saturated heterocycles. The van der Waals surface area contributed by atoms with Crippen LogP contribution >= 0.6 is 0 Å². The number of aryl methyl sites for hydroxylation is 3. The Hall–Kier alpha value is -2.01. The van der Waals surface area contributed by atoms with E-state index in [0.717, 1.165) is 12.0 Å². The van der Waals surface area contributed by atoms with Gasteiger partial charge in [-0.05, 0) is 61.2 Å². The van der Waals surface area contributed by atoms with Gasteiger partial charge in [-0.2, -0.15) is 0 Å². The second-order valence-corrected chi connectivity index (χ2v) is 6.89. The van der Waals surface area contributed by atoms with Crippen LogP contribution in [0.3, 0.4) is 0 Å². The Bertz CT molecular complexity index is 765. The van der Waals surface area contributed by atoms with Crippen molar-refractivity contribution >= 4 is 15.7 Å². The molecule has 0 aliphatic rings. The van der Waals surface area contributed by atoms with Crippen molar-refractivity contribution in [3.63, 3.8) is 0 Å². The highest BCUT2D eigenvalue weighted by Crippen LogP contribution is 2.27. The number of benzene rings is 2. The van der Waals surface area contributed by atoms with E-state index in [0.29, 0.717) is 17.0 Å². The SMILES string of the molecule is CCc1ccc(NS(=O)(=O)c2cc(C)c(OC)cc2C)cc1. The lowest BCUT2D eigenvalue weighted by molar-refractivity contribution is 0.411. The van der Waals surface area contributed by atoms with Crippen LogP contribution in [0.2, 0.25) is 0 Å². The minimum atomic E-state index is -3.62. The van der Waals surface area contributed by atoms with E-state index < -0.39 is 10.0 Å². The average Bonchev–Trinajstić information content (AvgIpc) is 2.49. The van der Waals surface area contributed by atoms with E-state index in [-0.39, 0.29) is 4.90 Å². The lowest BCUT2D eigenvalue weighted by atomic mass is 10.1. The third-order valence-electron chi connectivity index (χ3n) is 3.60. The molecule has 0 bridgehead atoms. The van der Waals surface area contributed by atoms with E-state index in [1.165, 1.54) is 5.56 Å². The Labute approximate surface area is 132 Å². The van der Waals surface area contributed by atoms with Crippen LogP contribution in [-0.4, -0.2) is 15.5 Å². The molecule has 0 aliphatic heterocycles. The fourth-order valence-electron chi connectivity index (χ4n) is 2.29. The summed E-state index contributed by atoms with van der Waals surface area (Å²) in [5, 5.41) is 0. The summed E-state index contributed by atoms with van der Waals surface area (Å²) in [6.45, 7) is 5.65. The number of anilines is 1. The molecule has 0 heterocycles. The first kappa shape index (κ1) is 16.4. The smallest absolute Gasteiger partial charge is 0.262 e. The maximum absolute atomic E-state index is 12.6. The van der Waals surface area contributed by atoms with Crippen LogP contribution in [0.1, 0.15) is 23.6 Å². The fourth-order valence-corrected chi connectivity index (χ4v) is 3.66. The molecule has 5 heteroatoms. The molecule has 118 valence electrons.